The van der Waals surface area contributed by atoms with Crippen molar-refractivity contribution in [3.8, 4) is 17.2 Å². The third kappa shape index (κ3) is 9.18. The average molecular weight is 435 g/mol. The van der Waals surface area contributed by atoms with Crippen molar-refractivity contribution in [1.82, 2.24) is 0 Å². The number of hydrogen-bond acceptors (Lipinski definition) is 4. The predicted octanol–water partition coefficient (Wildman–Crippen LogP) is 7.03. The van der Waals surface area contributed by atoms with Crippen LogP contribution in [0.25, 0.3) is 0 Å². The van der Waals surface area contributed by atoms with Crippen molar-refractivity contribution in [3.05, 3.63) is 48.5 Å². The van der Waals surface area contributed by atoms with E-state index in [-0.39, 0.29) is 10.6 Å². The van der Waals surface area contributed by atoms with Gasteiger partial charge in [-0.15, -0.1) is 0 Å². The molecule has 166 valence electrons. The molecule has 0 heterocycles. The highest BCUT2D eigenvalue weighted by Crippen LogP contribution is 2.29. The second-order valence-corrected chi connectivity index (χ2v) is 8.92. The van der Waals surface area contributed by atoms with E-state index in [1.165, 1.54) is 76.0 Å². The molecule has 0 aliphatic heterocycles. The summed E-state index contributed by atoms with van der Waals surface area (Å²) < 4.78 is 43.5. The van der Waals surface area contributed by atoms with E-state index in [9.17, 15) is 13.0 Å². The molecule has 0 saturated heterocycles. The highest BCUT2D eigenvalue weighted by atomic mass is 32.2. The Balaban J connectivity index is 1.65. The van der Waals surface area contributed by atoms with Gasteiger partial charge >= 0.3 is 0 Å². The van der Waals surface area contributed by atoms with Crippen molar-refractivity contribution < 1.29 is 22.4 Å². The average Bonchev–Trinajstić information content (AvgIpc) is 2.73. The summed E-state index contributed by atoms with van der Waals surface area (Å²) in [6, 6.07) is 13.0. The Labute approximate surface area is 181 Å². The lowest BCUT2D eigenvalue weighted by molar-refractivity contribution is 0.304. The van der Waals surface area contributed by atoms with Gasteiger partial charge in [-0.05, 0) is 42.8 Å². The van der Waals surface area contributed by atoms with Gasteiger partial charge in [0.2, 0.25) is 0 Å². The lowest BCUT2D eigenvalue weighted by Gasteiger charge is -2.10. The van der Waals surface area contributed by atoms with E-state index in [1.54, 1.807) is 30.3 Å². The van der Waals surface area contributed by atoms with Crippen LogP contribution in [-0.2, 0) is 10.1 Å². The van der Waals surface area contributed by atoms with Crippen LogP contribution in [0.3, 0.4) is 0 Å². The van der Waals surface area contributed by atoms with E-state index < -0.39 is 10.1 Å². The molecule has 0 radical (unpaired) electrons. The van der Waals surface area contributed by atoms with Crippen LogP contribution in [-0.4, -0.2) is 19.6 Å². The van der Waals surface area contributed by atoms with Gasteiger partial charge in [-0.1, -0.05) is 76.8 Å². The van der Waals surface area contributed by atoms with Crippen LogP contribution in [0, 0.1) is 0 Å². The molecule has 0 fully saturated rings. The molecular formula is C24H34O5S. The van der Waals surface area contributed by atoms with E-state index >= 15 is 0 Å². The fourth-order valence-corrected chi connectivity index (χ4v) is 3.87. The molecule has 2 aromatic carbocycles. The van der Waals surface area contributed by atoms with Crippen molar-refractivity contribution in [2.45, 2.75) is 76.0 Å². The quantitative estimate of drug-likeness (QED) is 0.241. The Hall–Kier alpha value is -2.05. The maximum atomic E-state index is 11.4. The first-order valence-corrected chi connectivity index (χ1v) is 12.4. The number of unbranched alkanes of at least 4 members (excludes halogenated alkanes) is 9. The molecule has 0 aliphatic rings. The zero-order valence-corrected chi connectivity index (χ0v) is 18.7. The van der Waals surface area contributed by atoms with Crippen LogP contribution in [0.15, 0.2) is 53.4 Å². The van der Waals surface area contributed by atoms with Crippen molar-refractivity contribution >= 4 is 10.1 Å². The predicted molar refractivity (Wildman–Crippen MR) is 120 cm³/mol. The fraction of sp³-hybridized carbons (Fsp3) is 0.500. The van der Waals surface area contributed by atoms with Crippen LogP contribution in [0.2, 0.25) is 0 Å². The molecule has 0 bridgehead atoms. The molecule has 2 rings (SSSR count). The lowest BCUT2D eigenvalue weighted by atomic mass is 10.1. The van der Waals surface area contributed by atoms with Crippen molar-refractivity contribution in [3.63, 3.8) is 0 Å². The van der Waals surface area contributed by atoms with Crippen LogP contribution in [0.4, 0.5) is 0 Å². The van der Waals surface area contributed by atoms with Gasteiger partial charge < -0.3 is 9.47 Å². The van der Waals surface area contributed by atoms with Gasteiger partial charge in [0.25, 0.3) is 10.1 Å². The molecule has 0 amide bonds. The summed E-state index contributed by atoms with van der Waals surface area (Å²) in [5, 5.41) is 0. The maximum absolute atomic E-state index is 11.4. The number of benzene rings is 2. The van der Waals surface area contributed by atoms with Gasteiger partial charge in [0, 0.05) is 0 Å². The SMILES string of the molecule is CCCCCCCCCCCCOc1ccc(Oc2ccccc2S(=O)(=O)O)cc1. The highest BCUT2D eigenvalue weighted by molar-refractivity contribution is 7.86. The zero-order chi connectivity index (χ0) is 21.7. The van der Waals surface area contributed by atoms with Gasteiger partial charge in [0.1, 0.15) is 22.1 Å². The summed E-state index contributed by atoms with van der Waals surface area (Å²) in [7, 11) is -4.34. The Bertz CT molecular complexity index is 831. The molecule has 6 heteroatoms. The second-order valence-electron chi connectivity index (χ2n) is 7.53. The minimum atomic E-state index is -4.34. The molecule has 0 aliphatic carbocycles. The number of ether oxygens (including phenoxy) is 2. The highest BCUT2D eigenvalue weighted by Gasteiger charge is 2.16. The largest absolute Gasteiger partial charge is 0.494 e. The molecule has 0 saturated carbocycles. The van der Waals surface area contributed by atoms with E-state index in [0.717, 1.165) is 12.2 Å². The van der Waals surface area contributed by atoms with E-state index in [2.05, 4.69) is 6.92 Å². The zero-order valence-electron chi connectivity index (χ0n) is 17.9. The molecule has 1 N–H and O–H groups in total. The minimum absolute atomic E-state index is 0.0824. The first kappa shape index (κ1) is 24.2. The smallest absolute Gasteiger partial charge is 0.298 e. The van der Waals surface area contributed by atoms with Gasteiger partial charge in [0.05, 0.1) is 6.61 Å². The summed E-state index contributed by atoms with van der Waals surface area (Å²) in [4.78, 5) is -0.258. The van der Waals surface area contributed by atoms with Gasteiger partial charge in [-0.3, -0.25) is 4.55 Å². The summed E-state index contributed by atoms with van der Waals surface area (Å²) >= 11 is 0. The number of rotatable bonds is 15. The van der Waals surface area contributed by atoms with Crippen LogP contribution in [0.5, 0.6) is 17.2 Å². The monoisotopic (exact) mass is 434 g/mol. The van der Waals surface area contributed by atoms with Gasteiger partial charge in [0.15, 0.2) is 0 Å². The normalized spacial score (nSPS) is 11.4. The fourth-order valence-electron chi connectivity index (χ4n) is 3.26. The lowest BCUT2D eigenvalue weighted by Crippen LogP contribution is -2.01. The first-order valence-electron chi connectivity index (χ1n) is 11.0. The third-order valence-corrected chi connectivity index (χ3v) is 5.84. The summed E-state index contributed by atoms with van der Waals surface area (Å²) in [6.07, 6.45) is 12.9. The third-order valence-electron chi connectivity index (χ3n) is 4.95. The van der Waals surface area contributed by atoms with Crippen LogP contribution < -0.4 is 9.47 Å². The number of hydrogen-bond donors (Lipinski definition) is 1. The Morgan fingerprint density at radius 2 is 1.27 bits per heavy atom. The topological polar surface area (TPSA) is 72.8 Å². The summed E-state index contributed by atoms with van der Waals surface area (Å²) in [5.74, 6) is 1.30. The Morgan fingerprint density at radius 1 is 0.733 bits per heavy atom. The first-order chi connectivity index (χ1) is 14.5. The molecule has 2 aromatic rings. The molecule has 0 spiro atoms. The van der Waals surface area contributed by atoms with Crippen molar-refractivity contribution in [2.24, 2.45) is 0 Å². The van der Waals surface area contributed by atoms with E-state index in [0.29, 0.717) is 12.4 Å². The Morgan fingerprint density at radius 3 is 1.87 bits per heavy atom. The molecular weight excluding hydrogens is 400 g/mol. The summed E-state index contributed by atoms with van der Waals surface area (Å²) in [6.45, 7) is 2.93. The Kier molecular flexibility index (Phi) is 10.7. The van der Waals surface area contributed by atoms with Crippen LogP contribution >= 0.6 is 0 Å². The second kappa shape index (κ2) is 13.3. The number of para-hydroxylation sites is 1. The molecule has 0 aromatic heterocycles. The molecule has 30 heavy (non-hydrogen) atoms. The summed E-state index contributed by atoms with van der Waals surface area (Å²) in [5.41, 5.74) is 0. The van der Waals surface area contributed by atoms with E-state index in [4.69, 9.17) is 9.47 Å². The molecule has 0 unspecified atom stereocenters. The minimum Gasteiger partial charge on any atom is -0.494 e. The molecule has 5 nitrogen and oxygen atoms in total. The molecule has 0 atom stereocenters. The van der Waals surface area contributed by atoms with Gasteiger partial charge in [-0.25, -0.2) is 0 Å². The maximum Gasteiger partial charge on any atom is 0.298 e. The standard InChI is InChI=1S/C24H34O5S/c1-2-3-4-5-6-7-8-9-10-13-20-28-21-16-18-22(19-17-21)29-23-14-11-12-15-24(23)30(25,26)27/h11-12,14-19H,2-10,13,20H2,1H3,(H,25,26,27). The van der Waals surface area contributed by atoms with Gasteiger partial charge in [-0.2, -0.15) is 8.42 Å². The van der Waals surface area contributed by atoms with Crippen LogP contribution in [0.1, 0.15) is 71.1 Å². The van der Waals surface area contributed by atoms with Crippen molar-refractivity contribution in [2.75, 3.05) is 6.61 Å². The van der Waals surface area contributed by atoms with E-state index in [1.807, 2.05) is 0 Å². The van der Waals surface area contributed by atoms with Crippen molar-refractivity contribution in [1.29, 1.82) is 0 Å².